The first-order valence-corrected chi connectivity index (χ1v) is 11.0. The quantitative estimate of drug-likeness (QED) is 0.395. The molecule has 3 heterocycles. The second-order valence-corrected chi connectivity index (χ2v) is 9.07. The van der Waals surface area contributed by atoms with Crippen LogP contribution in [-0.2, 0) is 4.79 Å². The third-order valence-electron chi connectivity index (χ3n) is 6.07. The van der Waals surface area contributed by atoms with Crippen molar-refractivity contribution in [3.8, 4) is 5.69 Å². The third-order valence-corrected chi connectivity index (χ3v) is 6.66. The van der Waals surface area contributed by atoms with E-state index in [4.69, 9.17) is 4.98 Å². The van der Waals surface area contributed by atoms with Gasteiger partial charge in [-0.2, -0.15) is 10.1 Å². The minimum absolute atomic E-state index is 0.0623. The second kappa shape index (κ2) is 7.66. The van der Waals surface area contributed by atoms with Gasteiger partial charge in [-0.05, 0) is 53.4 Å². The molecule has 10 nitrogen and oxygen atoms in total. The van der Waals surface area contributed by atoms with Gasteiger partial charge in [0, 0.05) is 36.3 Å². The molecule has 1 aliphatic rings. The summed E-state index contributed by atoms with van der Waals surface area (Å²) in [5.41, 5.74) is 1.33. The first-order chi connectivity index (χ1) is 15.4. The summed E-state index contributed by atoms with van der Waals surface area (Å²) in [5, 5.41) is 12.3. The van der Waals surface area contributed by atoms with E-state index in [-0.39, 0.29) is 23.1 Å². The maximum Gasteiger partial charge on any atom is 0.345 e. The molecule has 1 amide bonds. The maximum atomic E-state index is 12.2. The van der Waals surface area contributed by atoms with E-state index >= 15 is 0 Å². The molecule has 0 spiro atoms. The number of benzene rings is 1. The van der Waals surface area contributed by atoms with Crippen molar-refractivity contribution in [2.45, 2.75) is 32.2 Å². The van der Waals surface area contributed by atoms with Gasteiger partial charge >= 0.3 is 5.69 Å². The summed E-state index contributed by atoms with van der Waals surface area (Å²) in [6.07, 6.45) is 5.65. The number of anilines is 1. The Kier molecular flexibility index (Phi) is 4.92. The first-order valence-electron chi connectivity index (χ1n) is 10.3. The number of aromatic amines is 1. The number of rotatable bonds is 4. The molecule has 1 fully saturated rings. The van der Waals surface area contributed by atoms with E-state index in [0.29, 0.717) is 28.1 Å². The Balaban J connectivity index is 1.48. The van der Waals surface area contributed by atoms with Gasteiger partial charge in [0.15, 0.2) is 5.65 Å². The number of H-pyrrole nitrogens is 1. The van der Waals surface area contributed by atoms with Crippen molar-refractivity contribution in [1.82, 2.24) is 35.0 Å². The highest BCUT2D eigenvalue weighted by Crippen LogP contribution is 2.39. The molecule has 5 rings (SSSR count). The summed E-state index contributed by atoms with van der Waals surface area (Å²) in [5.74, 6) is 0.552. The average molecular weight is 497 g/mol. The van der Waals surface area contributed by atoms with Crippen molar-refractivity contribution in [1.29, 1.82) is 0 Å². The van der Waals surface area contributed by atoms with Crippen LogP contribution in [0.4, 0.5) is 5.95 Å². The zero-order chi connectivity index (χ0) is 22.5. The number of carbonyl (C=O) groups excluding carboxylic acids is 1. The Morgan fingerprint density at radius 2 is 2.16 bits per heavy atom. The normalized spacial score (nSPS) is 20.7. The lowest BCUT2D eigenvalue weighted by Gasteiger charge is -2.22. The van der Waals surface area contributed by atoms with Crippen molar-refractivity contribution < 1.29 is 4.79 Å². The SMILES string of the molecule is CNC(=O)[C@]1(C)CC[C@@H](Nc2ncc3c(Br)nn(-c4ccc5[nH]c(=O)ncc5c4)c3n2)C1. The number of amides is 1. The van der Waals surface area contributed by atoms with E-state index < -0.39 is 0 Å². The van der Waals surface area contributed by atoms with Crippen LogP contribution < -0.4 is 16.3 Å². The molecule has 32 heavy (non-hydrogen) atoms. The van der Waals surface area contributed by atoms with Gasteiger partial charge in [-0.1, -0.05) is 6.92 Å². The molecule has 4 aromatic rings. The summed E-state index contributed by atoms with van der Waals surface area (Å²) < 4.78 is 2.35. The van der Waals surface area contributed by atoms with E-state index in [1.165, 1.54) is 6.20 Å². The number of nitrogens with one attached hydrogen (secondary N) is 3. The van der Waals surface area contributed by atoms with E-state index in [9.17, 15) is 9.59 Å². The van der Waals surface area contributed by atoms with Crippen LogP contribution in [0.25, 0.3) is 27.6 Å². The maximum absolute atomic E-state index is 12.2. The van der Waals surface area contributed by atoms with Crippen LogP contribution >= 0.6 is 15.9 Å². The molecule has 1 aromatic carbocycles. The van der Waals surface area contributed by atoms with Crippen molar-refractivity contribution in [3.63, 3.8) is 0 Å². The van der Waals surface area contributed by atoms with Gasteiger partial charge in [0.05, 0.1) is 16.6 Å². The molecule has 2 atom stereocenters. The van der Waals surface area contributed by atoms with Crippen molar-refractivity contribution >= 4 is 49.7 Å². The van der Waals surface area contributed by atoms with Crippen LogP contribution in [0.2, 0.25) is 0 Å². The molecule has 0 saturated heterocycles. The lowest BCUT2D eigenvalue weighted by Crippen LogP contribution is -2.35. The van der Waals surface area contributed by atoms with Gasteiger partial charge in [0.2, 0.25) is 11.9 Å². The molecule has 0 bridgehead atoms. The van der Waals surface area contributed by atoms with Crippen LogP contribution in [0.15, 0.2) is 40.0 Å². The summed E-state index contributed by atoms with van der Waals surface area (Å²) in [7, 11) is 1.67. The first kappa shape index (κ1) is 20.6. The van der Waals surface area contributed by atoms with Crippen molar-refractivity contribution in [2.75, 3.05) is 12.4 Å². The van der Waals surface area contributed by atoms with Gasteiger partial charge in [-0.3, -0.25) is 4.79 Å². The summed E-state index contributed by atoms with van der Waals surface area (Å²) >= 11 is 3.49. The summed E-state index contributed by atoms with van der Waals surface area (Å²) in [6.45, 7) is 1.99. The van der Waals surface area contributed by atoms with Gasteiger partial charge in [-0.25, -0.2) is 19.4 Å². The molecular weight excluding hydrogens is 476 g/mol. The molecule has 164 valence electrons. The number of halogens is 1. The van der Waals surface area contributed by atoms with E-state index in [1.54, 1.807) is 17.9 Å². The summed E-state index contributed by atoms with van der Waals surface area (Å²) in [4.78, 5) is 39.3. The van der Waals surface area contributed by atoms with E-state index in [2.05, 4.69) is 46.6 Å². The third kappa shape index (κ3) is 3.52. The molecule has 3 aromatic heterocycles. The van der Waals surface area contributed by atoms with E-state index in [1.807, 2.05) is 25.1 Å². The highest BCUT2D eigenvalue weighted by Gasteiger charge is 2.40. The summed E-state index contributed by atoms with van der Waals surface area (Å²) in [6, 6.07) is 5.67. The Morgan fingerprint density at radius 3 is 2.97 bits per heavy atom. The number of aromatic nitrogens is 6. The van der Waals surface area contributed by atoms with Crippen LogP contribution in [0.3, 0.4) is 0 Å². The van der Waals surface area contributed by atoms with Gasteiger partial charge < -0.3 is 15.6 Å². The largest absolute Gasteiger partial charge is 0.359 e. The van der Waals surface area contributed by atoms with Gasteiger partial charge in [-0.15, -0.1) is 0 Å². The van der Waals surface area contributed by atoms with Crippen LogP contribution in [0, 0.1) is 5.41 Å². The topological polar surface area (TPSA) is 130 Å². The highest BCUT2D eigenvalue weighted by molar-refractivity contribution is 9.10. The number of carbonyl (C=O) groups is 1. The molecule has 1 saturated carbocycles. The number of nitrogens with zero attached hydrogens (tertiary/aromatic N) is 5. The van der Waals surface area contributed by atoms with E-state index in [0.717, 1.165) is 29.3 Å². The Hall–Kier alpha value is -3.34. The van der Waals surface area contributed by atoms with Crippen molar-refractivity contribution in [3.05, 3.63) is 45.7 Å². The standard InChI is InChI=1S/C21H21BrN8O2/c1-21(18(31)23-2)6-5-12(8-21)26-19-24-10-14-16(22)29-30(17(14)28-19)13-3-4-15-11(7-13)9-25-20(32)27-15/h3-4,7,9-10,12H,5-6,8H2,1-2H3,(H,23,31)(H,24,26,28)(H,25,27,32)/t12-,21-/m1/s1. The Morgan fingerprint density at radius 1 is 1.31 bits per heavy atom. The molecular formula is C21H21BrN8O2. The molecule has 0 radical (unpaired) electrons. The van der Waals surface area contributed by atoms with Crippen LogP contribution in [-0.4, -0.2) is 48.7 Å². The highest BCUT2D eigenvalue weighted by atomic mass is 79.9. The zero-order valence-corrected chi connectivity index (χ0v) is 19.1. The van der Waals surface area contributed by atoms with Gasteiger partial charge in [0.1, 0.15) is 4.60 Å². The lowest BCUT2D eigenvalue weighted by molar-refractivity contribution is -0.129. The fourth-order valence-electron chi connectivity index (χ4n) is 4.35. The molecule has 1 aliphatic carbocycles. The average Bonchev–Trinajstić information content (AvgIpc) is 3.33. The molecule has 0 aliphatic heterocycles. The fraction of sp³-hybridized carbons (Fsp3) is 0.333. The Bertz CT molecular complexity index is 1410. The number of fused-ring (bicyclic) bond motifs is 2. The Labute approximate surface area is 191 Å². The minimum Gasteiger partial charge on any atom is -0.359 e. The zero-order valence-electron chi connectivity index (χ0n) is 17.5. The molecule has 11 heteroatoms. The predicted molar refractivity (Wildman–Crippen MR) is 124 cm³/mol. The smallest absolute Gasteiger partial charge is 0.345 e. The number of hydrogen-bond acceptors (Lipinski definition) is 7. The fourth-order valence-corrected chi connectivity index (χ4v) is 4.79. The van der Waals surface area contributed by atoms with Gasteiger partial charge in [0.25, 0.3) is 0 Å². The minimum atomic E-state index is -0.389. The van der Waals surface area contributed by atoms with Crippen LogP contribution in [0.5, 0.6) is 0 Å². The molecule has 0 unspecified atom stereocenters. The van der Waals surface area contributed by atoms with Crippen molar-refractivity contribution in [2.24, 2.45) is 5.41 Å². The monoisotopic (exact) mass is 496 g/mol. The predicted octanol–water partition coefficient (Wildman–Crippen LogP) is 2.53. The molecule has 3 N–H and O–H groups in total. The number of hydrogen-bond donors (Lipinski definition) is 3. The second-order valence-electron chi connectivity index (χ2n) is 8.32. The van der Waals surface area contributed by atoms with Crippen LogP contribution in [0.1, 0.15) is 26.2 Å². The lowest BCUT2D eigenvalue weighted by atomic mass is 9.87.